The molecule has 0 N–H and O–H groups in total. The van der Waals surface area contributed by atoms with Gasteiger partial charge in [-0.1, -0.05) is 12.1 Å². The summed E-state index contributed by atoms with van der Waals surface area (Å²) in [7, 11) is 6.63. The second kappa shape index (κ2) is 11.7. The van der Waals surface area contributed by atoms with Crippen LogP contribution < -0.4 is 0 Å². The van der Waals surface area contributed by atoms with E-state index >= 15 is 0 Å². The van der Waals surface area contributed by atoms with Gasteiger partial charge in [-0.3, -0.25) is 14.5 Å². The van der Waals surface area contributed by atoms with E-state index in [1.165, 1.54) is 11.3 Å². The third kappa shape index (κ3) is 6.84. The largest absolute Gasteiger partial charge is 0.305 e. The maximum atomic E-state index is 12.6. The number of benzene rings is 1. The van der Waals surface area contributed by atoms with Gasteiger partial charge in [0.15, 0.2) is 0 Å². The summed E-state index contributed by atoms with van der Waals surface area (Å²) in [6.07, 6.45) is 3.14. The molecule has 0 saturated carbocycles. The lowest BCUT2D eigenvalue weighted by Gasteiger charge is -2.29. The Morgan fingerprint density at radius 1 is 0.645 bits per heavy atom. The number of likely N-dealkylation sites (N-methyl/N-ethyl adjacent to an activating group) is 3. The van der Waals surface area contributed by atoms with Crippen molar-refractivity contribution in [2.45, 2.75) is 19.3 Å². The maximum Gasteiger partial charge on any atom is 0.261 e. The molecule has 0 unspecified atom stereocenters. The standard InChI is InChI=1S/C24H39N5O2/c1-25-11-6-12-27(3)19-20-28(14-7-13-26(2)18-17-25)15-8-16-29-23(30)21-9-4-5-10-22(21)24(29)31/h4-5,9-10H,6-8,11-20H2,1-3H3. The molecule has 1 saturated heterocycles. The first-order chi connectivity index (χ1) is 15.0. The minimum Gasteiger partial charge on any atom is -0.305 e. The fraction of sp³-hybridized carbons (Fsp3) is 0.667. The molecule has 31 heavy (non-hydrogen) atoms. The number of rotatable bonds is 4. The first-order valence-corrected chi connectivity index (χ1v) is 11.7. The van der Waals surface area contributed by atoms with Crippen LogP contribution in [0.5, 0.6) is 0 Å². The summed E-state index contributed by atoms with van der Waals surface area (Å²) in [6, 6.07) is 7.14. The smallest absolute Gasteiger partial charge is 0.261 e. The van der Waals surface area contributed by atoms with Gasteiger partial charge in [0.1, 0.15) is 0 Å². The molecule has 0 spiro atoms. The van der Waals surface area contributed by atoms with Gasteiger partial charge in [0.25, 0.3) is 11.8 Å². The van der Waals surface area contributed by atoms with Crippen LogP contribution in [0.2, 0.25) is 0 Å². The van der Waals surface area contributed by atoms with Crippen LogP contribution in [0.25, 0.3) is 0 Å². The van der Waals surface area contributed by atoms with Crippen molar-refractivity contribution in [3.05, 3.63) is 35.4 Å². The summed E-state index contributed by atoms with van der Waals surface area (Å²) < 4.78 is 0. The highest BCUT2D eigenvalue weighted by molar-refractivity contribution is 6.21. The van der Waals surface area contributed by atoms with Gasteiger partial charge in [-0.25, -0.2) is 0 Å². The van der Waals surface area contributed by atoms with Crippen molar-refractivity contribution < 1.29 is 9.59 Å². The number of imide groups is 1. The quantitative estimate of drug-likeness (QED) is 0.677. The van der Waals surface area contributed by atoms with Gasteiger partial charge in [0.05, 0.1) is 11.1 Å². The molecule has 1 aromatic carbocycles. The van der Waals surface area contributed by atoms with Crippen LogP contribution in [0.1, 0.15) is 40.0 Å². The molecule has 1 fully saturated rings. The lowest BCUT2D eigenvalue weighted by Crippen LogP contribution is -2.39. The molecule has 0 bridgehead atoms. The van der Waals surface area contributed by atoms with E-state index in [4.69, 9.17) is 0 Å². The fourth-order valence-electron chi connectivity index (χ4n) is 4.39. The Balaban J connectivity index is 1.50. The Labute approximate surface area is 187 Å². The second-order valence-corrected chi connectivity index (χ2v) is 9.12. The number of nitrogens with zero attached hydrogens (tertiary/aromatic N) is 5. The van der Waals surface area contributed by atoms with E-state index in [-0.39, 0.29) is 11.8 Å². The summed E-state index contributed by atoms with van der Waals surface area (Å²) in [5, 5.41) is 0. The minimum atomic E-state index is -0.145. The number of fused-ring (bicyclic) bond motifs is 1. The molecule has 2 amide bonds. The van der Waals surface area contributed by atoms with Gasteiger partial charge < -0.3 is 19.6 Å². The predicted molar refractivity (Wildman–Crippen MR) is 125 cm³/mol. The predicted octanol–water partition coefficient (Wildman–Crippen LogP) is 1.56. The van der Waals surface area contributed by atoms with E-state index < -0.39 is 0 Å². The molecule has 0 atom stereocenters. The topological polar surface area (TPSA) is 50.3 Å². The van der Waals surface area contributed by atoms with E-state index in [0.717, 1.165) is 71.7 Å². The third-order valence-corrected chi connectivity index (χ3v) is 6.49. The summed E-state index contributed by atoms with van der Waals surface area (Å²) in [5.41, 5.74) is 1.09. The Morgan fingerprint density at radius 3 is 1.68 bits per heavy atom. The van der Waals surface area contributed by atoms with Crippen molar-refractivity contribution in [1.29, 1.82) is 0 Å². The Bertz CT molecular complexity index is 705. The maximum absolute atomic E-state index is 12.6. The molecule has 0 radical (unpaired) electrons. The van der Waals surface area contributed by atoms with Gasteiger partial charge >= 0.3 is 0 Å². The average Bonchev–Trinajstić information content (AvgIpc) is 3.00. The summed E-state index contributed by atoms with van der Waals surface area (Å²) in [5.74, 6) is -0.291. The molecule has 3 rings (SSSR count). The number of hydrogen-bond acceptors (Lipinski definition) is 6. The first kappa shape index (κ1) is 23.9. The molecular formula is C24H39N5O2. The van der Waals surface area contributed by atoms with Gasteiger partial charge in [-0.2, -0.15) is 0 Å². The molecule has 7 heteroatoms. The third-order valence-electron chi connectivity index (χ3n) is 6.49. The Hall–Kier alpha value is -1.80. The molecule has 2 aliphatic heterocycles. The number of carbonyl (C=O) groups excluding carboxylic acids is 2. The van der Waals surface area contributed by atoms with E-state index in [1.54, 1.807) is 12.1 Å². The van der Waals surface area contributed by atoms with Crippen molar-refractivity contribution in [1.82, 2.24) is 24.5 Å². The number of amides is 2. The minimum absolute atomic E-state index is 0.145. The monoisotopic (exact) mass is 429 g/mol. The van der Waals surface area contributed by atoms with Crippen LogP contribution >= 0.6 is 0 Å². The van der Waals surface area contributed by atoms with Crippen LogP contribution in [0.4, 0.5) is 0 Å². The fourth-order valence-corrected chi connectivity index (χ4v) is 4.39. The normalized spacial score (nSPS) is 22.0. The second-order valence-electron chi connectivity index (χ2n) is 9.12. The number of carbonyl (C=O) groups is 2. The van der Waals surface area contributed by atoms with Crippen LogP contribution in [-0.4, -0.2) is 123 Å². The van der Waals surface area contributed by atoms with Gasteiger partial charge in [0.2, 0.25) is 0 Å². The first-order valence-electron chi connectivity index (χ1n) is 11.7. The zero-order chi connectivity index (χ0) is 22.2. The summed E-state index contributed by atoms with van der Waals surface area (Å²) >= 11 is 0. The molecule has 0 aliphatic carbocycles. The van der Waals surface area contributed by atoms with Crippen LogP contribution in [0.15, 0.2) is 24.3 Å². The van der Waals surface area contributed by atoms with Crippen molar-refractivity contribution in [3.63, 3.8) is 0 Å². The molecule has 1 aromatic rings. The average molecular weight is 430 g/mol. The SMILES string of the molecule is CN1CCCN(C)CCN(CCCN2C(=O)c3ccccc3C2=O)CCCN(C)CC1. The van der Waals surface area contributed by atoms with E-state index in [0.29, 0.717) is 17.7 Å². The van der Waals surface area contributed by atoms with Crippen molar-refractivity contribution in [3.8, 4) is 0 Å². The van der Waals surface area contributed by atoms with Gasteiger partial charge in [0, 0.05) is 32.7 Å². The van der Waals surface area contributed by atoms with E-state index in [2.05, 4.69) is 40.7 Å². The molecular weight excluding hydrogens is 390 g/mol. The summed E-state index contributed by atoms with van der Waals surface area (Å²) in [6.45, 7) is 10.1. The van der Waals surface area contributed by atoms with Gasteiger partial charge in [-0.05, 0) is 85.3 Å². The van der Waals surface area contributed by atoms with E-state index in [9.17, 15) is 9.59 Å². The number of hydrogen-bond donors (Lipinski definition) is 0. The summed E-state index contributed by atoms with van der Waals surface area (Å²) in [4.78, 5) is 36.4. The van der Waals surface area contributed by atoms with Gasteiger partial charge in [-0.15, -0.1) is 0 Å². The Kier molecular flexibility index (Phi) is 9.02. The molecule has 7 nitrogen and oxygen atoms in total. The molecule has 2 aliphatic rings. The van der Waals surface area contributed by atoms with Crippen LogP contribution in [-0.2, 0) is 0 Å². The molecule has 0 aromatic heterocycles. The van der Waals surface area contributed by atoms with Crippen LogP contribution in [0.3, 0.4) is 0 Å². The van der Waals surface area contributed by atoms with Crippen molar-refractivity contribution >= 4 is 11.8 Å². The zero-order valence-electron chi connectivity index (χ0n) is 19.6. The lowest BCUT2D eigenvalue weighted by molar-refractivity contribution is 0.0646. The van der Waals surface area contributed by atoms with E-state index in [1.807, 2.05) is 12.1 Å². The molecule has 172 valence electrons. The highest BCUT2D eigenvalue weighted by Crippen LogP contribution is 2.22. The van der Waals surface area contributed by atoms with Crippen molar-refractivity contribution in [2.24, 2.45) is 0 Å². The Morgan fingerprint density at radius 2 is 1.13 bits per heavy atom. The zero-order valence-corrected chi connectivity index (χ0v) is 19.6. The lowest BCUT2D eigenvalue weighted by atomic mass is 10.1. The molecule has 2 heterocycles. The highest BCUT2D eigenvalue weighted by Gasteiger charge is 2.34. The van der Waals surface area contributed by atoms with Crippen LogP contribution in [0, 0.1) is 0 Å². The van der Waals surface area contributed by atoms with Crippen molar-refractivity contribution in [2.75, 3.05) is 86.6 Å². The highest BCUT2D eigenvalue weighted by atomic mass is 16.2.